The zero-order chi connectivity index (χ0) is 15.2. The van der Waals surface area contributed by atoms with Gasteiger partial charge in [0.2, 0.25) is 0 Å². The number of amides is 2. The minimum Gasteiger partial charge on any atom is -0.481 e. The molecule has 7 nitrogen and oxygen atoms in total. The largest absolute Gasteiger partial charge is 0.481 e. The van der Waals surface area contributed by atoms with Gasteiger partial charge in [0, 0.05) is 44.4 Å². The van der Waals surface area contributed by atoms with Gasteiger partial charge in [-0.05, 0) is 25.7 Å². The number of aromatic nitrogens is 2. The Balaban J connectivity index is 1.87. The summed E-state index contributed by atoms with van der Waals surface area (Å²) in [5, 5.41) is 15.7. The number of piperidine rings is 1. The average molecular weight is 294 g/mol. The number of rotatable bonds is 5. The van der Waals surface area contributed by atoms with Crippen molar-refractivity contribution in [3.8, 4) is 0 Å². The molecule has 2 amide bonds. The van der Waals surface area contributed by atoms with E-state index in [1.807, 2.05) is 13.2 Å². The second kappa shape index (κ2) is 7.10. The maximum absolute atomic E-state index is 12.3. The van der Waals surface area contributed by atoms with Crippen molar-refractivity contribution in [3.05, 3.63) is 18.0 Å². The SMILES string of the molecule is Cn1cc(CNC(=O)N2CCCCC2CCC(=O)O)cn1. The predicted molar refractivity (Wildman–Crippen MR) is 76.7 cm³/mol. The van der Waals surface area contributed by atoms with Crippen LogP contribution in [0.2, 0.25) is 0 Å². The van der Waals surface area contributed by atoms with Crippen LogP contribution >= 0.6 is 0 Å². The molecular weight excluding hydrogens is 272 g/mol. The molecule has 21 heavy (non-hydrogen) atoms. The lowest BCUT2D eigenvalue weighted by molar-refractivity contribution is -0.137. The summed E-state index contributed by atoms with van der Waals surface area (Å²) in [6, 6.07) is -0.0855. The van der Waals surface area contributed by atoms with Gasteiger partial charge >= 0.3 is 12.0 Å². The molecule has 1 unspecified atom stereocenters. The normalized spacial score (nSPS) is 18.5. The lowest BCUT2D eigenvalue weighted by Crippen LogP contribution is -2.48. The fraction of sp³-hybridized carbons (Fsp3) is 0.643. The third kappa shape index (κ3) is 4.47. The molecule has 1 aromatic rings. The highest BCUT2D eigenvalue weighted by Crippen LogP contribution is 2.21. The van der Waals surface area contributed by atoms with Crippen molar-refractivity contribution >= 4 is 12.0 Å². The summed E-state index contributed by atoms with van der Waals surface area (Å²) in [6.45, 7) is 1.14. The van der Waals surface area contributed by atoms with Gasteiger partial charge < -0.3 is 15.3 Å². The Bertz CT molecular complexity index is 500. The van der Waals surface area contributed by atoms with E-state index in [-0.39, 0.29) is 18.5 Å². The van der Waals surface area contributed by atoms with Crippen LogP contribution in [0.25, 0.3) is 0 Å². The van der Waals surface area contributed by atoms with Crippen LogP contribution in [0, 0.1) is 0 Å². The molecular formula is C14H22N4O3. The molecule has 1 fully saturated rings. The standard InChI is InChI=1S/C14H22N4O3/c1-17-10-11(9-16-17)8-15-14(21)18-7-3-2-4-12(18)5-6-13(19)20/h9-10,12H,2-8H2,1H3,(H,15,21)(H,19,20). The highest BCUT2D eigenvalue weighted by molar-refractivity contribution is 5.74. The number of carboxylic acids is 1. The van der Waals surface area contributed by atoms with Crippen LogP contribution in [-0.4, -0.2) is 44.4 Å². The van der Waals surface area contributed by atoms with Crippen molar-refractivity contribution < 1.29 is 14.7 Å². The summed E-state index contributed by atoms with van der Waals surface area (Å²) >= 11 is 0. The molecule has 1 saturated heterocycles. The molecule has 0 aliphatic carbocycles. The fourth-order valence-corrected chi connectivity index (χ4v) is 2.70. The first-order valence-corrected chi connectivity index (χ1v) is 7.30. The van der Waals surface area contributed by atoms with E-state index in [2.05, 4.69) is 10.4 Å². The van der Waals surface area contributed by atoms with Gasteiger partial charge in [-0.2, -0.15) is 5.10 Å². The van der Waals surface area contributed by atoms with Crippen molar-refractivity contribution in [1.82, 2.24) is 20.0 Å². The molecule has 0 radical (unpaired) electrons. The summed E-state index contributed by atoms with van der Waals surface area (Å²) in [5.74, 6) is -0.809. The van der Waals surface area contributed by atoms with E-state index < -0.39 is 5.97 Å². The summed E-state index contributed by atoms with van der Waals surface area (Å²) < 4.78 is 1.69. The van der Waals surface area contributed by atoms with E-state index in [4.69, 9.17) is 5.11 Å². The molecule has 1 aromatic heterocycles. The first-order valence-electron chi connectivity index (χ1n) is 7.30. The first-order chi connectivity index (χ1) is 10.1. The van der Waals surface area contributed by atoms with E-state index >= 15 is 0 Å². The van der Waals surface area contributed by atoms with Crippen LogP contribution in [0.1, 0.15) is 37.7 Å². The predicted octanol–water partition coefficient (Wildman–Crippen LogP) is 1.35. The third-order valence-electron chi connectivity index (χ3n) is 3.78. The lowest BCUT2D eigenvalue weighted by atomic mass is 9.98. The van der Waals surface area contributed by atoms with Crippen LogP contribution in [0.3, 0.4) is 0 Å². The van der Waals surface area contributed by atoms with Gasteiger partial charge in [0.05, 0.1) is 6.20 Å². The number of aliphatic carboxylic acids is 1. The van der Waals surface area contributed by atoms with Crippen LogP contribution in [0.15, 0.2) is 12.4 Å². The summed E-state index contributed by atoms with van der Waals surface area (Å²) in [7, 11) is 1.83. The minimum absolute atomic E-state index is 0.0312. The number of carbonyl (C=O) groups is 2. The van der Waals surface area contributed by atoms with Gasteiger partial charge in [0.1, 0.15) is 0 Å². The molecule has 1 aliphatic rings. The van der Waals surface area contributed by atoms with Gasteiger partial charge in [-0.1, -0.05) is 0 Å². The van der Waals surface area contributed by atoms with Crippen LogP contribution in [0.4, 0.5) is 4.79 Å². The van der Waals surface area contributed by atoms with Gasteiger partial charge in [-0.3, -0.25) is 9.48 Å². The molecule has 0 spiro atoms. The van der Waals surface area contributed by atoms with Crippen LogP contribution < -0.4 is 5.32 Å². The molecule has 7 heteroatoms. The Morgan fingerprint density at radius 3 is 2.95 bits per heavy atom. The summed E-state index contributed by atoms with van der Waals surface area (Å²) in [5.41, 5.74) is 0.949. The van der Waals surface area contributed by atoms with Gasteiger partial charge in [0.15, 0.2) is 0 Å². The maximum atomic E-state index is 12.3. The van der Waals surface area contributed by atoms with E-state index in [0.29, 0.717) is 19.5 Å². The highest BCUT2D eigenvalue weighted by Gasteiger charge is 2.26. The molecule has 0 aromatic carbocycles. The number of nitrogens with one attached hydrogen (secondary N) is 1. The average Bonchev–Trinajstić information content (AvgIpc) is 2.88. The van der Waals surface area contributed by atoms with E-state index in [9.17, 15) is 9.59 Å². The summed E-state index contributed by atoms with van der Waals surface area (Å²) in [6.07, 6.45) is 7.12. The van der Waals surface area contributed by atoms with Gasteiger partial charge in [-0.15, -0.1) is 0 Å². The number of urea groups is 1. The number of hydrogen-bond acceptors (Lipinski definition) is 3. The summed E-state index contributed by atoms with van der Waals surface area (Å²) in [4.78, 5) is 24.8. The van der Waals surface area contributed by atoms with Crippen molar-refractivity contribution in [2.24, 2.45) is 7.05 Å². The minimum atomic E-state index is -0.809. The van der Waals surface area contributed by atoms with Crippen molar-refractivity contribution in [2.45, 2.75) is 44.7 Å². The lowest BCUT2D eigenvalue weighted by Gasteiger charge is -2.35. The molecule has 1 aliphatic heterocycles. The maximum Gasteiger partial charge on any atom is 0.317 e. The molecule has 0 saturated carbocycles. The Morgan fingerprint density at radius 1 is 1.48 bits per heavy atom. The quantitative estimate of drug-likeness (QED) is 0.858. The second-order valence-corrected chi connectivity index (χ2v) is 5.46. The third-order valence-corrected chi connectivity index (χ3v) is 3.78. The van der Waals surface area contributed by atoms with Gasteiger partial charge in [0.25, 0.3) is 0 Å². The molecule has 0 bridgehead atoms. The van der Waals surface area contributed by atoms with Crippen molar-refractivity contribution in [1.29, 1.82) is 0 Å². The van der Waals surface area contributed by atoms with Crippen molar-refractivity contribution in [2.75, 3.05) is 6.54 Å². The zero-order valence-electron chi connectivity index (χ0n) is 12.3. The number of carboxylic acid groups (broad SMARTS) is 1. The van der Waals surface area contributed by atoms with Crippen molar-refractivity contribution in [3.63, 3.8) is 0 Å². The molecule has 2 N–H and O–H groups in total. The fourth-order valence-electron chi connectivity index (χ4n) is 2.70. The Morgan fingerprint density at radius 2 is 2.29 bits per heavy atom. The molecule has 1 atom stereocenters. The monoisotopic (exact) mass is 294 g/mol. The number of carbonyl (C=O) groups excluding carboxylic acids is 1. The Kier molecular flexibility index (Phi) is 5.19. The van der Waals surface area contributed by atoms with E-state index in [1.165, 1.54) is 0 Å². The Labute approximate surface area is 123 Å². The Hall–Kier alpha value is -2.05. The van der Waals surface area contributed by atoms with Crippen LogP contribution in [0.5, 0.6) is 0 Å². The van der Waals surface area contributed by atoms with E-state index in [1.54, 1.807) is 15.8 Å². The topological polar surface area (TPSA) is 87.5 Å². The van der Waals surface area contributed by atoms with E-state index in [0.717, 1.165) is 24.8 Å². The highest BCUT2D eigenvalue weighted by atomic mass is 16.4. The first kappa shape index (κ1) is 15.3. The number of likely N-dealkylation sites (tertiary alicyclic amines) is 1. The van der Waals surface area contributed by atoms with Crippen LogP contribution in [-0.2, 0) is 18.4 Å². The number of aryl methyl sites for hydroxylation is 1. The molecule has 2 heterocycles. The molecule has 116 valence electrons. The number of hydrogen-bond donors (Lipinski definition) is 2. The number of nitrogens with zero attached hydrogens (tertiary/aromatic N) is 3. The smallest absolute Gasteiger partial charge is 0.317 e. The molecule has 2 rings (SSSR count). The zero-order valence-corrected chi connectivity index (χ0v) is 12.3. The van der Waals surface area contributed by atoms with Gasteiger partial charge in [-0.25, -0.2) is 4.79 Å². The second-order valence-electron chi connectivity index (χ2n) is 5.46.